The van der Waals surface area contributed by atoms with Crippen molar-refractivity contribution in [1.82, 2.24) is 4.57 Å². The Kier molecular flexibility index (Phi) is 3.80. The molecule has 0 fully saturated rings. The highest BCUT2D eigenvalue weighted by molar-refractivity contribution is 5.21. The van der Waals surface area contributed by atoms with Gasteiger partial charge in [-0.25, -0.2) is 8.78 Å². The van der Waals surface area contributed by atoms with Crippen molar-refractivity contribution >= 4 is 0 Å². The summed E-state index contributed by atoms with van der Waals surface area (Å²) in [5.74, 6) is -1.29. The van der Waals surface area contributed by atoms with Crippen molar-refractivity contribution in [1.29, 1.82) is 0 Å². The Balaban J connectivity index is 2.20. The highest BCUT2D eigenvalue weighted by atomic mass is 19.4. The smallest absolute Gasteiger partial charge is 0.379 e. The van der Waals surface area contributed by atoms with Gasteiger partial charge in [0.1, 0.15) is 11.6 Å². The lowest BCUT2D eigenvalue weighted by Crippen LogP contribution is -2.19. The second kappa shape index (κ2) is 5.24. The number of halogens is 5. The number of benzene rings is 1. The Morgan fingerprint density at radius 1 is 1.15 bits per heavy atom. The van der Waals surface area contributed by atoms with E-state index in [1.807, 2.05) is 0 Å². The maximum absolute atomic E-state index is 13.4. The molecule has 1 aromatic carbocycles. The van der Waals surface area contributed by atoms with Crippen molar-refractivity contribution in [3.05, 3.63) is 59.4 Å². The van der Waals surface area contributed by atoms with Gasteiger partial charge in [-0.1, -0.05) is 0 Å². The van der Waals surface area contributed by atoms with Crippen LogP contribution in [0.5, 0.6) is 0 Å². The molecule has 0 radical (unpaired) electrons. The second-order valence-electron chi connectivity index (χ2n) is 4.30. The lowest BCUT2D eigenvalue weighted by atomic mass is 10.2. The van der Waals surface area contributed by atoms with Gasteiger partial charge in [-0.3, -0.25) is 0 Å². The predicted molar refractivity (Wildman–Crippen MR) is 60.9 cm³/mol. The molecule has 0 saturated carbocycles. The van der Waals surface area contributed by atoms with E-state index in [4.69, 9.17) is 5.11 Å². The first-order valence-electron chi connectivity index (χ1n) is 5.62. The molecule has 0 aliphatic carbocycles. The van der Waals surface area contributed by atoms with Gasteiger partial charge in [0.05, 0.1) is 0 Å². The Morgan fingerprint density at radius 2 is 1.85 bits per heavy atom. The van der Waals surface area contributed by atoms with Gasteiger partial charge < -0.3 is 9.67 Å². The van der Waals surface area contributed by atoms with Crippen molar-refractivity contribution in [2.45, 2.75) is 18.8 Å². The molecule has 7 heteroatoms. The molecule has 20 heavy (non-hydrogen) atoms. The number of hydrogen-bond donors (Lipinski definition) is 1. The van der Waals surface area contributed by atoms with Crippen molar-refractivity contribution < 1.29 is 27.1 Å². The molecule has 0 bridgehead atoms. The average molecular weight is 291 g/mol. The van der Waals surface area contributed by atoms with Crippen molar-refractivity contribution in [3.63, 3.8) is 0 Å². The molecule has 0 spiro atoms. The first-order chi connectivity index (χ1) is 9.27. The molecule has 2 nitrogen and oxygen atoms in total. The Hall–Kier alpha value is -1.89. The van der Waals surface area contributed by atoms with Crippen LogP contribution in [0.4, 0.5) is 22.0 Å². The van der Waals surface area contributed by atoms with E-state index >= 15 is 0 Å². The van der Waals surface area contributed by atoms with Gasteiger partial charge in [-0.05, 0) is 24.3 Å². The molecular weight excluding hydrogens is 281 g/mol. The van der Waals surface area contributed by atoms with Crippen LogP contribution < -0.4 is 0 Å². The summed E-state index contributed by atoms with van der Waals surface area (Å²) in [6.07, 6.45) is -5.06. The fraction of sp³-hybridized carbons (Fsp3) is 0.231. The molecule has 2 rings (SSSR count). The van der Waals surface area contributed by atoms with Crippen LogP contribution in [0.25, 0.3) is 0 Å². The summed E-state index contributed by atoms with van der Waals surface area (Å²) >= 11 is 0. The number of nitrogens with zero attached hydrogens (tertiary/aromatic N) is 1. The van der Waals surface area contributed by atoms with Gasteiger partial charge in [0, 0.05) is 30.1 Å². The number of alkyl halides is 3. The maximum atomic E-state index is 13.4. The summed E-state index contributed by atoms with van der Waals surface area (Å²) in [6, 6.07) is 3.94. The topological polar surface area (TPSA) is 25.2 Å². The zero-order valence-electron chi connectivity index (χ0n) is 10.0. The third kappa shape index (κ3) is 3.16. The molecule has 108 valence electrons. The molecule has 0 saturated heterocycles. The normalized spacial score (nSPS) is 13.5. The van der Waals surface area contributed by atoms with Crippen LogP contribution in [0, 0.1) is 11.6 Å². The summed E-state index contributed by atoms with van der Waals surface area (Å²) in [6.45, 7) is -0.131. The zero-order valence-corrected chi connectivity index (χ0v) is 10.0. The molecule has 1 heterocycles. The van der Waals surface area contributed by atoms with Gasteiger partial charge >= 0.3 is 6.18 Å². The van der Waals surface area contributed by atoms with E-state index in [9.17, 15) is 22.0 Å². The Bertz CT molecular complexity index is 605. The Labute approximate surface area is 111 Å². The summed E-state index contributed by atoms with van der Waals surface area (Å²) in [5.41, 5.74) is -0.344. The van der Waals surface area contributed by atoms with E-state index in [0.29, 0.717) is 0 Å². The number of aliphatic hydroxyl groups is 1. The minimum atomic E-state index is -4.77. The highest BCUT2D eigenvalue weighted by Crippen LogP contribution is 2.32. The van der Waals surface area contributed by atoms with Crippen LogP contribution in [0.2, 0.25) is 0 Å². The molecule has 1 atom stereocenters. The molecule has 1 N–H and O–H groups in total. The van der Waals surface area contributed by atoms with E-state index < -0.39 is 23.9 Å². The van der Waals surface area contributed by atoms with Gasteiger partial charge in [0.2, 0.25) is 0 Å². The van der Waals surface area contributed by atoms with Crippen LogP contribution in [0.1, 0.15) is 17.2 Å². The second-order valence-corrected chi connectivity index (χ2v) is 4.30. The van der Waals surface area contributed by atoms with Crippen LogP contribution >= 0.6 is 0 Å². The minimum Gasteiger partial charge on any atom is -0.379 e. The van der Waals surface area contributed by atoms with Crippen LogP contribution in [-0.4, -0.2) is 15.8 Å². The van der Waals surface area contributed by atoms with Crippen LogP contribution in [-0.2, 0) is 6.54 Å². The SMILES string of the molecule is OC(c1ccn(Cc2cc(F)ccc2F)c1)C(F)(F)F. The molecule has 1 unspecified atom stereocenters. The summed E-state index contributed by atoms with van der Waals surface area (Å²) < 4.78 is 64.6. The highest BCUT2D eigenvalue weighted by Gasteiger charge is 2.39. The van der Waals surface area contributed by atoms with Crippen LogP contribution in [0.15, 0.2) is 36.7 Å². The van der Waals surface area contributed by atoms with E-state index in [0.717, 1.165) is 30.5 Å². The summed E-state index contributed by atoms with van der Waals surface area (Å²) in [7, 11) is 0. The quantitative estimate of drug-likeness (QED) is 0.861. The largest absolute Gasteiger partial charge is 0.418 e. The van der Waals surface area contributed by atoms with Crippen molar-refractivity contribution in [2.24, 2.45) is 0 Å². The average Bonchev–Trinajstić information content (AvgIpc) is 2.80. The van der Waals surface area contributed by atoms with Gasteiger partial charge in [-0.15, -0.1) is 0 Å². The molecular formula is C13H10F5NO. The third-order valence-corrected chi connectivity index (χ3v) is 2.76. The number of aromatic nitrogens is 1. The lowest BCUT2D eigenvalue weighted by molar-refractivity contribution is -0.206. The molecule has 0 amide bonds. The predicted octanol–water partition coefficient (Wildman–Crippen LogP) is 3.41. The number of aliphatic hydroxyl groups excluding tert-OH is 1. The standard InChI is InChI=1S/C13H10F5NO/c14-10-1-2-11(15)9(5-10)7-19-4-3-8(6-19)12(20)13(16,17)18/h1-6,12,20H,7H2. The fourth-order valence-corrected chi connectivity index (χ4v) is 1.77. The van der Waals surface area contributed by atoms with Crippen molar-refractivity contribution in [3.8, 4) is 0 Å². The molecule has 0 aliphatic heterocycles. The summed E-state index contributed by atoms with van der Waals surface area (Å²) in [4.78, 5) is 0. The van der Waals surface area contributed by atoms with E-state index in [1.54, 1.807) is 0 Å². The monoisotopic (exact) mass is 291 g/mol. The molecule has 1 aromatic heterocycles. The Morgan fingerprint density at radius 3 is 2.50 bits per heavy atom. The van der Waals surface area contributed by atoms with E-state index in [1.165, 1.54) is 10.8 Å². The van der Waals surface area contributed by atoms with E-state index in [2.05, 4.69) is 0 Å². The van der Waals surface area contributed by atoms with E-state index in [-0.39, 0.29) is 17.7 Å². The first kappa shape index (κ1) is 14.5. The van der Waals surface area contributed by atoms with Gasteiger partial charge in [0.15, 0.2) is 6.10 Å². The first-order valence-corrected chi connectivity index (χ1v) is 5.62. The van der Waals surface area contributed by atoms with Crippen LogP contribution in [0.3, 0.4) is 0 Å². The zero-order chi connectivity index (χ0) is 14.9. The maximum Gasteiger partial charge on any atom is 0.418 e. The van der Waals surface area contributed by atoms with Gasteiger partial charge in [-0.2, -0.15) is 13.2 Å². The van der Waals surface area contributed by atoms with Gasteiger partial charge in [0.25, 0.3) is 0 Å². The number of hydrogen-bond acceptors (Lipinski definition) is 1. The summed E-state index contributed by atoms with van der Waals surface area (Å²) in [5, 5.41) is 9.06. The number of rotatable bonds is 3. The minimum absolute atomic E-state index is 0.00801. The molecule has 0 aliphatic rings. The fourth-order valence-electron chi connectivity index (χ4n) is 1.77. The third-order valence-electron chi connectivity index (χ3n) is 2.76. The molecule has 2 aromatic rings. The van der Waals surface area contributed by atoms with Crippen molar-refractivity contribution in [2.75, 3.05) is 0 Å². The lowest BCUT2D eigenvalue weighted by Gasteiger charge is -2.12.